The van der Waals surface area contributed by atoms with E-state index in [9.17, 15) is 0 Å². The highest BCUT2D eigenvalue weighted by Crippen LogP contribution is 2.02. The van der Waals surface area contributed by atoms with E-state index in [1.807, 2.05) is 0 Å². The fraction of sp³-hybridized carbons (Fsp3) is 0.600. The van der Waals surface area contributed by atoms with E-state index in [0.717, 1.165) is 12.8 Å². The molecule has 54 valence electrons. The van der Waals surface area contributed by atoms with E-state index in [4.69, 9.17) is 0 Å². The highest BCUT2D eigenvalue weighted by atomic mass is 13.9. The first-order valence-electron chi connectivity index (χ1n) is 4.11. The van der Waals surface area contributed by atoms with Crippen molar-refractivity contribution in [2.24, 2.45) is 0 Å². The second-order valence-electron chi connectivity index (χ2n) is 2.61. The first-order valence-corrected chi connectivity index (χ1v) is 4.11. The fourth-order valence-corrected chi connectivity index (χ4v) is 1.03. The van der Waals surface area contributed by atoms with Crippen LogP contribution < -0.4 is 0 Å². The van der Waals surface area contributed by atoms with Crippen LogP contribution in [-0.4, -0.2) is 0 Å². The molecule has 10 heavy (non-hydrogen) atoms. The third-order valence-electron chi connectivity index (χ3n) is 1.64. The summed E-state index contributed by atoms with van der Waals surface area (Å²) >= 11 is 0. The molecule has 0 aromatic rings. The van der Waals surface area contributed by atoms with E-state index in [-0.39, 0.29) is 0 Å². The molecule has 0 radical (unpaired) electrons. The molecule has 1 aliphatic carbocycles. The first-order chi connectivity index (χ1) is 5.00. The van der Waals surface area contributed by atoms with Crippen LogP contribution in [0.1, 0.15) is 38.5 Å². The lowest BCUT2D eigenvalue weighted by molar-refractivity contribution is 0.842. The summed E-state index contributed by atoms with van der Waals surface area (Å²) in [6.07, 6.45) is 11.7. The van der Waals surface area contributed by atoms with Crippen molar-refractivity contribution >= 4 is 0 Å². The third kappa shape index (κ3) is 3.35. The van der Waals surface area contributed by atoms with Crippen molar-refractivity contribution in [3.05, 3.63) is 12.2 Å². The predicted octanol–water partition coefficient (Wildman–Crippen LogP) is 2.90. The lowest BCUT2D eigenvalue weighted by Crippen LogP contribution is -1.75. The lowest BCUT2D eigenvalue weighted by atomic mass is 10.1. The summed E-state index contributed by atoms with van der Waals surface area (Å²) in [4.78, 5) is 0. The molecular weight excluding hydrogens is 120 g/mol. The Morgan fingerprint density at radius 3 is 1.80 bits per heavy atom. The molecular formula is C10H14. The zero-order valence-electron chi connectivity index (χ0n) is 6.40. The first kappa shape index (κ1) is 7.41. The molecule has 0 atom stereocenters. The van der Waals surface area contributed by atoms with Crippen molar-refractivity contribution in [3.8, 4) is 11.8 Å². The normalized spacial score (nSPS) is 22.4. The van der Waals surface area contributed by atoms with Crippen molar-refractivity contribution in [1.29, 1.82) is 0 Å². The molecule has 1 rings (SSSR count). The second kappa shape index (κ2) is 5.11. The Hall–Kier alpha value is -0.700. The molecule has 0 fully saturated rings. The van der Waals surface area contributed by atoms with Crippen molar-refractivity contribution in [2.45, 2.75) is 38.5 Å². The molecule has 0 heteroatoms. The van der Waals surface area contributed by atoms with Crippen LogP contribution in [0.3, 0.4) is 0 Å². The molecule has 1 aliphatic rings. The van der Waals surface area contributed by atoms with Gasteiger partial charge in [-0.05, 0) is 25.7 Å². The Bertz CT molecular complexity index is 139. The van der Waals surface area contributed by atoms with Crippen molar-refractivity contribution in [2.75, 3.05) is 0 Å². The Kier molecular flexibility index (Phi) is 3.79. The van der Waals surface area contributed by atoms with E-state index < -0.39 is 0 Å². The Balaban J connectivity index is 2.27. The summed E-state index contributed by atoms with van der Waals surface area (Å²) < 4.78 is 0. The lowest BCUT2D eigenvalue weighted by Gasteiger charge is -1.92. The van der Waals surface area contributed by atoms with Crippen LogP contribution in [0.5, 0.6) is 0 Å². The average molecular weight is 134 g/mol. The number of hydrogen-bond acceptors (Lipinski definition) is 0. The molecule has 0 N–H and O–H groups in total. The molecule has 0 aliphatic heterocycles. The summed E-state index contributed by atoms with van der Waals surface area (Å²) in [5.41, 5.74) is 0. The van der Waals surface area contributed by atoms with Crippen molar-refractivity contribution in [1.82, 2.24) is 0 Å². The Morgan fingerprint density at radius 2 is 1.30 bits per heavy atom. The zero-order valence-corrected chi connectivity index (χ0v) is 6.40. The maximum absolute atomic E-state index is 3.17. The van der Waals surface area contributed by atoms with Gasteiger partial charge in [0.05, 0.1) is 0 Å². The number of rotatable bonds is 0. The molecule has 0 saturated heterocycles. The van der Waals surface area contributed by atoms with Crippen molar-refractivity contribution in [3.63, 3.8) is 0 Å². The summed E-state index contributed by atoms with van der Waals surface area (Å²) in [7, 11) is 0. The van der Waals surface area contributed by atoms with E-state index in [1.54, 1.807) is 0 Å². The number of hydrogen-bond donors (Lipinski definition) is 0. The van der Waals surface area contributed by atoms with E-state index >= 15 is 0 Å². The molecule has 0 bridgehead atoms. The van der Waals surface area contributed by atoms with Gasteiger partial charge in [-0.25, -0.2) is 0 Å². The van der Waals surface area contributed by atoms with E-state index in [2.05, 4.69) is 24.0 Å². The van der Waals surface area contributed by atoms with Gasteiger partial charge in [0.15, 0.2) is 0 Å². The van der Waals surface area contributed by atoms with Crippen LogP contribution >= 0.6 is 0 Å². The van der Waals surface area contributed by atoms with Gasteiger partial charge >= 0.3 is 0 Å². The minimum Gasteiger partial charge on any atom is -0.103 e. The third-order valence-corrected chi connectivity index (χ3v) is 1.64. The summed E-state index contributed by atoms with van der Waals surface area (Å²) in [5.74, 6) is 6.34. The SMILES string of the molecule is C1#CCCC/C=C\CCC1. The largest absolute Gasteiger partial charge is 0.103 e. The topological polar surface area (TPSA) is 0 Å². The van der Waals surface area contributed by atoms with Crippen LogP contribution in [0.4, 0.5) is 0 Å². The molecule has 0 heterocycles. The fourth-order valence-electron chi connectivity index (χ4n) is 1.03. The van der Waals surface area contributed by atoms with Gasteiger partial charge < -0.3 is 0 Å². The van der Waals surface area contributed by atoms with Gasteiger partial charge in [-0.3, -0.25) is 0 Å². The van der Waals surface area contributed by atoms with E-state index in [0.29, 0.717) is 0 Å². The molecule has 0 unspecified atom stereocenters. The molecule has 0 nitrogen and oxygen atoms in total. The minimum absolute atomic E-state index is 1.09. The predicted molar refractivity (Wildman–Crippen MR) is 44.6 cm³/mol. The van der Waals surface area contributed by atoms with Crippen LogP contribution in [0.15, 0.2) is 12.2 Å². The zero-order chi connectivity index (χ0) is 7.07. The van der Waals surface area contributed by atoms with Crippen molar-refractivity contribution < 1.29 is 0 Å². The minimum atomic E-state index is 1.09. The summed E-state index contributed by atoms with van der Waals surface area (Å²) in [5, 5.41) is 0. The highest BCUT2D eigenvalue weighted by Gasteiger charge is 1.84. The monoisotopic (exact) mass is 134 g/mol. The number of allylic oxidation sites excluding steroid dienone is 2. The van der Waals surface area contributed by atoms with Gasteiger partial charge in [-0.15, -0.1) is 11.8 Å². The maximum atomic E-state index is 3.17. The molecule has 0 aromatic carbocycles. The standard InChI is InChI=1S/C10H14/c1-2-4-6-8-10-9-7-5-3-1/h1-2H,3-8H2/b2-1-. The van der Waals surface area contributed by atoms with E-state index in [1.165, 1.54) is 25.7 Å². The maximum Gasteiger partial charge on any atom is 0.00916 e. The van der Waals surface area contributed by atoms with Gasteiger partial charge in [0.2, 0.25) is 0 Å². The summed E-state index contributed by atoms with van der Waals surface area (Å²) in [6.45, 7) is 0. The van der Waals surface area contributed by atoms with Gasteiger partial charge in [-0.1, -0.05) is 12.2 Å². The highest BCUT2D eigenvalue weighted by molar-refractivity contribution is 5.00. The Labute approximate surface area is 63.3 Å². The van der Waals surface area contributed by atoms with Gasteiger partial charge in [0.1, 0.15) is 0 Å². The quantitative estimate of drug-likeness (QED) is 0.353. The molecule has 0 aromatic heterocycles. The second-order valence-corrected chi connectivity index (χ2v) is 2.61. The van der Waals surface area contributed by atoms with Gasteiger partial charge in [-0.2, -0.15) is 0 Å². The molecule has 0 spiro atoms. The van der Waals surface area contributed by atoms with Crippen LogP contribution in [0.25, 0.3) is 0 Å². The molecule has 0 saturated carbocycles. The summed E-state index contributed by atoms with van der Waals surface area (Å²) in [6, 6.07) is 0. The van der Waals surface area contributed by atoms with Crippen LogP contribution in [0.2, 0.25) is 0 Å². The molecule has 0 amide bonds. The van der Waals surface area contributed by atoms with Crippen LogP contribution in [0, 0.1) is 11.8 Å². The van der Waals surface area contributed by atoms with Crippen LogP contribution in [-0.2, 0) is 0 Å². The average Bonchev–Trinajstić information content (AvgIpc) is 2.01. The smallest absolute Gasteiger partial charge is 0.00916 e. The van der Waals surface area contributed by atoms with Gasteiger partial charge in [0.25, 0.3) is 0 Å². The Morgan fingerprint density at radius 1 is 0.800 bits per heavy atom. The van der Waals surface area contributed by atoms with Gasteiger partial charge in [0, 0.05) is 12.8 Å².